The molecule has 2 aromatic rings. The monoisotopic (exact) mass is 249 g/mol. The number of nitrogens with zero attached hydrogens (tertiary/aromatic N) is 1. The van der Waals surface area contributed by atoms with Crippen molar-refractivity contribution in [2.75, 3.05) is 7.11 Å². The smallest absolute Gasteiger partial charge is 0.137 e. The van der Waals surface area contributed by atoms with Crippen LogP contribution in [0, 0.1) is 0 Å². The second-order valence-corrected chi connectivity index (χ2v) is 4.06. The Kier molecular flexibility index (Phi) is 3.61. The molecule has 0 unspecified atom stereocenters. The molecule has 1 aromatic heterocycles. The van der Waals surface area contributed by atoms with Crippen LogP contribution in [0.15, 0.2) is 36.7 Å². The fourth-order valence-corrected chi connectivity index (χ4v) is 1.85. The average Bonchev–Trinajstić information content (AvgIpc) is 2.38. The summed E-state index contributed by atoms with van der Waals surface area (Å²) in [5.74, 6) is 0.688. The summed E-state index contributed by atoms with van der Waals surface area (Å²) in [4.78, 5) is 4.09. The van der Waals surface area contributed by atoms with Gasteiger partial charge < -0.3 is 9.84 Å². The predicted molar refractivity (Wildman–Crippen MR) is 67.2 cm³/mol. The Balaban J connectivity index is 2.47. The van der Waals surface area contributed by atoms with Crippen LogP contribution in [0.3, 0.4) is 0 Å². The van der Waals surface area contributed by atoms with E-state index < -0.39 is 0 Å². The van der Waals surface area contributed by atoms with Crippen molar-refractivity contribution in [2.45, 2.75) is 6.61 Å². The van der Waals surface area contributed by atoms with Gasteiger partial charge in [-0.05, 0) is 35.4 Å². The summed E-state index contributed by atoms with van der Waals surface area (Å²) in [5.41, 5.74) is 2.59. The lowest BCUT2D eigenvalue weighted by atomic mass is 10.0. The first kappa shape index (κ1) is 11.9. The quantitative estimate of drug-likeness (QED) is 0.910. The van der Waals surface area contributed by atoms with E-state index in [-0.39, 0.29) is 6.61 Å². The van der Waals surface area contributed by atoms with E-state index in [1.807, 2.05) is 18.2 Å². The summed E-state index contributed by atoms with van der Waals surface area (Å²) in [7, 11) is 1.60. The van der Waals surface area contributed by atoms with Gasteiger partial charge in [-0.1, -0.05) is 11.6 Å². The lowest BCUT2D eigenvalue weighted by Crippen LogP contribution is -1.88. The van der Waals surface area contributed by atoms with Crippen LogP contribution in [0.4, 0.5) is 0 Å². The molecule has 0 amide bonds. The van der Waals surface area contributed by atoms with Gasteiger partial charge in [0.05, 0.1) is 19.9 Å². The van der Waals surface area contributed by atoms with Crippen molar-refractivity contribution in [3.05, 3.63) is 47.2 Å². The highest BCUT2D eigenvalue weighted by atomic mass is 35.5. The fourth-order valence-electron chi connectivity index (χ4n) is 1.60. The minimum absolute atomic E-state index is 0.0367. The fraction of sp³-hybridized carbons (Fsp3) is 0.154. The normalized spacial score (nSPS) is 10.3. The molecule has 0 radical (unpaired) electrons. The van der Waals surface area contributed by atoms with Crippen LogP contribution < -0.4 is 4.74 Å². The van der Waals surface area contributed by atoms with Crippen LogP contribution in [-0.2, 0) is 6.61 Å². The highest BCUT2D eigenvalue weighted by molar-refractivity contribution is 6.30. The van der Waals surface area contributed by atoms with Crippen molar-refractivity contribution in [2.24, 2.45) is 0 Å². The maximum atomic E-state index is 9.14. The minimum atomic E-state index is -0.0367. The summed E-state index contributed by atoms with van der Waals surface area (Å²) in [6.45, 7) is -0.0367. The number of aromatic nitrogens is 1. The Morgan fingerprint density at radius 2 is 2.00 bits per heavy atom. The van der Waals surface area contributed by atoms with E-state index in [0.29, 0.717) is 10.8 Å². The van der Waals surface area contributed by atoms with Gasteiger partial charge in [0.25, 0.3) is 0 Å². The number of ether oxygens (including phenoxy) is 1. The van der Waals surface area contributed by atoms with E-state index in [4.69, 9.17) is 21.4 Å². The van der Waals surface area contributed by atoms with Gasteiger partial charge in [-0.25, -0.2) is 0 Å². The maximum Gasteiger partial charge on any atom is 0.137 e. The second kappa shape index (κ2) is 5.17. The van der Waals surface area contributed by atoms with Crippen molar-refractivity contribution >= 4 is 11.6 Å². The van der Waals surface area contributed by atoms with E-state index in [1.54, 1.807) is 25.6 Å². The molecule has 0 aliphatic heterocycles. The molecule has 1 N–H and O–H groups in total. The van der Waals surface area contributed by atoms with Gasteiger partial charge in [-0.15, -0.1) is 0 Å². The van der Waals surface area contributed by atoms with Gasteiger partial charge in [0.15, 0.2) is 0 Å². The number of benzene rings is 1. The van der Waals surface area contributed by atoms with Gasteiger partial charge in [0.2, 0.25) is 0 Å². The van der Waals surface area contributed by atoms with Gasteiger partial charge >= 0.3 is 0 Å². The van der Waals surface area contributed by atoms with E-state index in [9.17, 15) is 0 Å². The Bertz CT molecular complexity index is 529. The Morgan fingerprint density at radius 3 is 2.71 bits per heavy atom. The molecule has 0 saturated heterocycles. The molecule has 1 heterocycles. The highest BCUT2D eigenvalue weighted by Gasteiger charge is 2.04. The molecule has 2 rings (SSSR count). The number of hydrogen-bond donors (Lipinski definition) is 1. The van der Waals surface area contributed by atoms with Crippen LogP contribution in [-0.4, -0.2) is 17.2 Å². The predicted octanol–water partition coefficient (Wildman–Crippen LogP) is 2.90. The Morgan fingerprint density at radius 1 is 1.18 bits per heavy atom. The molecule has 88 valence electrons. The van der Waals surface area contributed by atoms with Gasteiger partial charge in [0, 0.05) is 16.8 Å². The van der Waals surface area contributed by atoms with Gasteiger partial charge in [0.1, 0.15) is 5.75 Å². The molecule has 4 heteroatoms. The van der Waals surface area contributed by atoms with Gasteiger partial charge in [-0.3, -0.25) is 4.98 Å². The van der Waals surface area contributed by atoms with E-state index in [0.717, 1.165) is 16.7 Å². The zero-order valence-corrected chi connectivity index (χ0v) is 10.1. The molecule has 0 atom stereocenters. The van der Waals surface area contributed by atoms with Crippen molar-refractivity contribution in [3.8, 4) is 16.9 Å². The molecular formula is C13H12ClNO2. The zero-order valence-electron chi connectivity index (χ0n) is 9.35. The van der Waals surface area contributed by atoms with Crippen LogP contribution in [0.2, 0.25) is 5.02 Å². The molecule has 0 spiro atoms. The molecule has 1 aromatic carbocycles. The first-order chi connectivity index (χ1) is 8.22. The molecule has 17 heavy (non-hydrogen) atoms. The first-order valence-corrected chi connectivity index (χ1v) is 5.50. The molecule has 0 fully saturated rings. The van der Waals surface area contributed by atoms with Crippen molar-refractivity contribution in [3.63, 3.8) is 0 Å². The lowest BCUT2D eigenvalue weighted by molar-refractivity contribution is 0.282. The number of halogens is 1. The number of hydrogen-bond acceptors (Lipinski definition) is 3. The van der Waals surface area contributed by atoms with E-state index in [2.05, 4.69) is 4.98 Å². The average molecular weight is 250 g/mol. The second-order valence-electron chi connectivity index (χ2n) is 3.62. The summed E-state index contributed by atoms with van der Waals surface area (Å²) >= 11 is 5.99. The third-order valence-electron chi connectivity index (χ3n) is 2.42. The molecule has 0 aliphatic rings. The van der Waals surface area contributed by atoms with Crippen LogP contribution in [0.1, 0.15) is 5.56 Å². The molecule has 0 bridgehead atoms. The molecule has 0 saturated carbocycles. The maximum absolute atomic E-state index is 9.14. The van der Waals surface area contributed by atoms with E-state index >= 15 is 0 Å². The van der Waals surface area contributed by atoms with Crippen molar-refractivity contribution in [1.82, 2.24) is 4.98 Å². The van der Waals surface area contributed by atoms with E-state index in [1.165, 1.54) is 0 Å². The lowest BCUT2D eigenvalue weighted by Gasteiger charge is -2.06. The number of methoxy groups -OCH3 is 1. The Hall–Kier alpha value is -1.58. The number of aliphatic hydroxyl groups is 1. The molecular weight excluding hydrogens is 238 g/mol. The topological polar surface area (TPSA) is 42.4 Å². The SMILES string of the molecule is COc1cncc(-c2cc(Cl)cc(CO)c2)c1. The first-order valence-electron chi connectivity index (χ1n) is 5.12. The van der Waals surface area contributed by atoms with Crippen LogP contribution >= 0.6 is 11.6 Å². The summed E-state index contributed by atoms with van der Waals surface area (Å²) < 4.78 is 5.12. The highest BCUT2D eigenvalue weighted by Crippen LogP contribution is 2.26. The van der Waals surface area contributed by atoms with Crippen molar-refractivity contribution in [1.29, 1.82) is 0 Å². The zero-order chi connectivity index (χ0) is 12.3. The standard InChI is InChI=1S/C13H12ClNO2/c1-17-13-5-11(6-15-7-13)10-2-9(8-16)3-12(14)4-10/h2-7,16H,8H2,1H3. The van der Waals surface area contributed by atoms with Gasteiger partial charge in [-0.2, -0.15) is 0 Å². The van der Waals surface area contributed by atoms with Crippen LogP contribution in [0.5, 0.6) is 5.75 Å². The summed E-state index contributed by atoms with van der Waals surface area (Å²) in [6.07, 6.45) is 3.37. The summed E-state index contributed by atoms with van der Waals surface area (Å²) in [6, 6.07) is 7.32. The largest absolute Gasteiger partial charge is 0.495 e. The molecule has 0 aliphatic carbocycles. The number of pyridine rings is 1. The number of rotatable bonds is 3. The van der Waals surface area contributed by atoms with Crippen LogP contribution in [0.25, 0.3) is 11.1 Å². The molecule has 3 nitrogen and oxygen atoms in total. The Labute approximate surface area is 105 Å². The summed E-state index contributed by atoms with van der Waals surface area (Å²) in [5, 5.41) is 9.73. The van der Waals surface area contributed by atoms with Crippen molar-refractivity contribution < 1.29 is 9.84 Å². The minimum Gasteiger partial charge on any atom is -0.495 e. The number of aliphatic hydroxyl groups excluding tert-OH is 1. The third-order valence-corrected chi connectivity index (χ3v) is 2.64. The third kappa shape index (κ3) is 2.75.